The Morgan fingerprint density at radius 1 is 1.21 bits per heavy atom. The molecule has 0 bridgehead atoms. The second-order valence-corrected chi connectivity index (χ2v) is 7.44. The zero-order chi connectivity index (χ0) is 20.5. The Kier molecular flexibility index (Phi) is 8.98. The Hall–Kier alpha value is -1.87. The molecule has 1 amide bonds. The van der Waals surface area contributed by atoms with Crippen molar-refractivity contribution >= 4 is 5.91 Å². The number of piperidine rings is 1. The average molecular weight is 395 g/mol. The van der Waals surface area contributed by atoms with Gasteiger partial charge in [0.2, 0.25) is 0 Å². The maximum Gasteiger partial charge on any atom is 0.251 e. The molecule has 1 aromatic rings. The molecular weight excluding hydrogens is 360 g/mol. The first-order valence-electron chi connectivity index (χ1n) is 9.88. The molecule has 0 radical (unpaired) electrons. The molecule has 8 heteroatoms. The van der Waals surface area contributed by atoms with Crippen LogP contribution in [0.5, 0.6) is 11.5 Å². The number of carbonyl (C=O) groups excluding carboxylic acids is 1. The van der Waals surface area contributed by atoms with Gasteiger partial charge in [-0.25, -0.2) is 5.43 Å². The van der Waals surface area contributed by atoms with E-state index < -0.39 is 0 Å². The van der Waals surface area contributed by atoms with E-state index in [1.165, 1.54) is 0 Å². The van der Waals surface area contributed by atoms with Crippen molar-refractivity contribution in [2.75, 3.05) is 46.9 Å². The van der Waals surface area contributed by atoms with Gasteiger partial charge in [0, 0.05) is 37.3 Å². The van der Waals surface area contributed by atoms with E-state index in [4.69, 9.17) is 9.47 Å². The highest BCUT2D eigenvalue weighted by molar-refractivity contribution is 5.95. The minimum Gasteiger partial charge on any atom is -0.497 e. The van der Waals surface area contributed by atoms with Crippen molar-refractivity contribution in [1.29, 1.82) is 0 Å². The predicted octanol–water partition coefficient (Wildman–Crippen LogP) is 1.75. The number of hydrogen-bond donors (Lipinski definition) is 3. The number of hydroxylamine groups is 1. The monoisotopic (exact) mass is 394 g/mol. The standard InChI is InChI=1S/C20H34N4O4/c1-15(2)24(26)22-7-10-23-8-5-16(6-9-23)14-21-20(25)17-11-18(27-3)13-19(12-17)28-4/h11-13,15-16,22,26H,5-10,14H2,1-4H3,(H,21,25). The fraction of sp³-hybridized carbons (Fsp3) is 0.650. The summed E-state index contributed by atoms with van der Waals surface area (Å²) in [5.74, 6) is 1.57. The van der Waals surface area contributed by atoms with Crippen LogP contribution in [0.25, 0.3) is 0 Å². The van der Waals surface area contributed by atoms with Crippen molar-refractivity contribution in [3.8, 4) is 11.5 Å². The molecule has 158 valence electrons. The fourth-order valence-corrected chi connectivity index (χ4v) is 3.20. The topological polar surface area (TPSA) is 86.3 Å². The highest BCUT2D eigenvalue weighted by atomic mass is 16.5. The summed E-state index contributed by atoms with van der Waals surface area (Å²) in [7, 11) is 3.14. The number of likely N-dealkylation sites (tertiary alicyclic amines) is 1. The summed E-state index contributed by atoms with van der Waals surface area (Å²) >= 11 is 0. The van der Waals surface area contributed by atoms with Crippen LogP contribution < -0.4 is 20.2 Å². The van der Waals surface area contributed by atoms with Gasteiger partial charge in [-0.05, 0) is 57.8 Å². The van der Waals surface area contributed by atoms with Gasteiger partial charge in [-0.15, -0.1) is 5.17 Å². The van der Waals surface area contributed by atoms with Gasteiger partial charge in [-0.1, -0.05) is 0 Å². The predicted molar refractivity (Wildman–Crippen MR) is 108 cm³/mol. The smallest absolute Gasteiger partial charge is 0.251 e. The Labute approximate surface area is 167 Å². The average Bonchev–Trinajstić information content (AvgIpc) is 2.72. The maximum atomic E-state index is 12.5. The van der Waals surface area contributed by atoms with Crippen LogP contribution in [0.4, 0.5) is 0 Å². The van der Waals surface area contributed by atoms with Gasteiger partial charge in [0.25, 0.3) is 5.91 Å². The van der Waals surface area contributed by atoms with Gasteiger partial charge in [0.15, 0.2) is 0 Å². The molecule has 1 aromatic carbocycles. The van der Waals surface area contributed by atoms with Gasteiger partial charge in [0.05, 0.1) is 14.2 Å². The minimum absolute atomic E-state index is 0.0545. The summed E-state index contributed by atoms with van der Waals surface area (Å²) in [5, 5.41) is 13.8. The van der Waals surface area contributed by atoms with Gasteiger partial charge in [0.1, 0.15) is 11.5 Å². The van der Waals surface area contributed by atoms with Crippen LogP contribution in [-0.2, 0) is 0 Å². The largest absolute Gasteiger partial charge is 0.497 e. The second-order valence-electron chi connectivity index (χ2n) is 7.44. The number of amides is 1. The Morgan fingerprint density at radius 2 is 1.82 bits per heavy atom. The highest BCUT2D eigenvalue weighted by Crippen LogP contribution is 2.22. The summed E-state index contributed by atoms with van der Waals surface area (Å²) in [4.78, 5) is 14.9. The van der Waals surface area contributed by atoms with E-state index in [2.05, 4.69) is 15.6 Å². The van der Waals surface area contributed by atoms with Gasteiger partial charge in [-0.3, -0.25) is 10.0 Å². The zero-order valence-electron chi connectivity index (χ0n) is 17.4. The third kappa shape index (κ3) is 6.94. The lowest BCUT2D eigenvalue weighted by molar-refractivity contribution is -0.161. The van der Waals surface area contributed by atoms with E-state index in [0.29, 0.717) is 36.1 Å². The Bertz CT molecular complexity index is 596. The molecule has 2 rings (SSSR count). The van der Waals surface area contributed by atoms with E-state index in [-0.39, 0.29) is 11.9 Å². The molecule has 0 saturated carbocycles. The van der Waals surface area contributed by atoms with Crippen LogP contribution in [0, 0.1) is 5.92 Å². The SMILES string of the molecule is COc1cc(OC)cc(C(=O)NCC2CCN(CCNN(O)C(C)C)CC2)c1. The number of benzene rings is 1. The summed E-state index contributed by atoms with van der Waals surface area (Å²) < 4.78 is 10.4. The summed E-state index contributed by atoms with van der Waals surface area (Å²) in [6, 6.07) is 5.24. The van der Waals surface area contributed by atoms with Crippen LogP contribution in [0.15, 0.2) is 18.2 Å². The third-order valence-corrected chi connectivity index (χ3v) is 5.06. The molecule has 1 fully saturated rings. The number of nitrogens with one attached hydrogen (secondary N) is 2. The second kappa shape index (κ2) is 11.2. The molecule has 1 aliphatic heterocycles. The molecule has 0 aromatic heterocycles. The maximum absolute atomic E-state index is 12.5. The van der Waals surface area contributed by atoms with Crippen molar-refractivity contribution in [2.45, 2.75) is 32.7 Å². The number of methoxy groups -OCH3 is 2. The molecule has 28 heavy (non-hydrogen) atoms. The number of nitrogens with zero attached hydrogens (tertiary/aromatic N) is 2. The van der Waals surface area contributed by atoms with E-state index in [1.807, 2.05) is 13.8 Å². The van der Waals surface area contributed by atoms with Gasteiger partial charge < -0.3 is 19.7 Å². The summed E-state index contributed by atoms with van der Waals surface area (Å²) in [6.45, 7) is 8.13. The summed E-state index contributed by atoms with van der Waals surface area (Å²) in [6.07, 6.45) is 2.10. The number of hydrazine groups is 1. The van der Waals surface area contributed by atoms with Gasteiger partial charge >= 0.3 is 0 Å². The molecule has 1 aliphatic rings. The number of rotatable bonds is 10. The molecule has 0 atom stereocenters. The number of hydrogen-bond acceptors (Lipinski definition) is 7. The first kappa shape index (κ1) is 22.4. The van der Waals surface area contributed by atoms with Crippen LogP contribution in [0.3, 0.4) is 0 Å². The molecule has 0 spiro atoms. The van der Waals surface area contributed by atoms with Crippen molar-refractivity contribution < 1.29 is 19.5 Å². The zero-order valence-corrected chi connectivity index (χ0v) is 17.4. The lowest BCUT2D eigenvalue weighted by Crippen LogP contribution is -2.46. The quantitative estimate of drug-likeness (QED) is 0.521. The third-order valence-electron chi connectivity index (χ3n) is 5.06. The van der Waals surface area contributed by atoms with Crippen LogP contribution in [0.2, 0.25) is 0 Å². The van der Waals surface area contributed by atoms with Crippen molar-refractivity contribution in [2.24, 2.45) is 5.92 Å². The molecule has 0 aliphatic carbocycles. The van der Waals surface area contributed by atoms with Crippen LogP contribution in [-0.4, -0.2) is 74.2 Å². The minimum atomic E-state index is -0.111. The molecule has 1 heterocycles. The molecule has 8 nitrogen and oxygen atoms in total. The normalized spacial score (nSPS) is 15.8. The van der Waals surface area contributed by atoms with Crippen molar-refractivity contribution in [1.82, 2.24) is 20.8 Å². The number of carbonyl (C=O) groups is 1. The molecule has 1 saturated heterocycles. The lowest BCUT2D eigenvalue weighted by atomic mass is 9.96. The van der Waals surface area contributed by atoms with E-state index in [0.717, 1.165) is 37.6 Å². The Morgan fingerprint density at radius 3 is 2.36 bits per heavy atom. The molecule has 0 unspecified atom stereocenters. The van der Waals surface area contributed by atoms with E-state index >= 15 is 0 Å². The highest BCUT2D eigenvalue weighted by Gasteiger charge is 2.20. The lowest BCUT2D eigenvalue weighted by Gasteiger charge is -2.32. The van der Waals surface area contributed by atoms with E-state index in [1.54, 1.807) is 32.4 Å². The number of ether oxygens (including phenoxy) is 2. The van der Waals surface area contributed by atoms with Crippen LogP contribution >= 0.6 is 0 Å². The first-order valence-corrected chi connectivity index (χ1v) is 9.88. The summed E-state index contributed by atoms with van der Waals surface area (Å²) in [5.41, 5.74) is 3.53. The van der Waals surface area contributed by atoms with Crippen molar-refractivity contribution in [3.63, 3.8) is 0 Å². The Balaban J connectivity index is 1.71. The van der Waals surface area contributed by atoms with Gasteiger partial charge in [-0.2, -0.15) is 0 Å². The fourth-order valence-electron chi connectivity index (χ4n) is 3.20. The first-order chi connectivity index (χ1) is 13.4. The van der Waals surface area contributed by atoms with Crippen molar-refractivity contribution in [3.05, 3.63) is 23.8 Å². The molecule has 3 N–H and O–H groups in total. The van der Waals surface area contributed by atoms with Crippen LogP contribution in [0.1, 0.15) is 37.0 Å². The molecular formula is C20H34N4O4. The van der Waals surface area contributed by atoms with E-state index in [9.17, 15) is 10.0 Å².